The minimum atomic E-state index is -0.498. The summed E-state index contributed by atoms with van der Waals surface area (Å²) in [5, 5.41) is 2.85. The van der Waals surface area contributed by atoms with Crippen LogP contribution in [0.25, 0.3) is 0 Å². The van der Waals surface area contributed by atoms with Crippen molar-refractivity contribution in [3.05, 3.63) is 53.9 Å². The van der Waals surface area contributed by atoms with Crippen molar-refractivity contribution in [2.24, 2.45) is 5.73 Å². The average molecular weight is 338 g/mol. The smallest absolute Gasteiger partial charge is 0.259 e. The summed E-state index contributed by atoms with van der Waals surface area (Å²) in [7, 11) is 0. The van der Waals surface area contributed by atoms with Gasteiger partial charge in [0.2, 0.25) is 5.91 Å². The molecule has 0 aliphatic carbocycles. The van der Waals surface area contributed by atoms with Gasteiger partial charge in [-0.25, -0.2) is 0 Å². The lowest BCUT2D eigenvalue weighted by molar-refractivity contribution is -0.117. The number of nitrogens with one attached hydrogen (secondary N) is 1. The molecular weight excluding hydrogens is 316 g/mol. The van der Waals surface area contributed by atoms with Gasteiger partial charge in [-0.1, -0.05) is 13.3 Å². The standard InChI is InChI=1S/C19H22N4O2/c1-2-4-16(20)18(24)22-15-6-7-17-13(11-15)8-10-23(17)19(25)14-5-3-9-21-12-14/h3,5-7,9,11-12,16H,2,4,8,10,20H2,1H3,(H,22,24). The van der Waals surface area contributed by atoms with Crippen LogP contribution in [0.1, 0.15) is 35.7 Å². The number of rotatable bonds is 5. The van der Waals surface area contributed by atoms with Crippen molar-refractivity contribution in [3.63, 3.8) is 0 Å². The van der Waals surface area contributed by atoms with Gasteiger partial charge in [0, 0.05) is 30.3 Å². The van der Waals surface area contributed by atoms with E-state index in [1.54, 1.807) is 29.4 Å². The maximum absolute atomic E-state index is 12.6. The number of carbonyl (C=O) groups excluding carboxylic acids is 2. The van der Waals surface area contributed by atoms with Crippen LogP contribution in [0.2, 0.25) is 0 Å². The number of anilines is 2. The van der Waals surface area contributed by atoms with Gasteiger partial charge in [0.25, 0.3) is 5.91 Å². The number of fused-ring (bicyclic) bond motifs is 1. The number of carbonyl (C=O) groups is 2. The largest absolute Gasteiger partial charge is 0.325 e. The van der Waals surface area contributed by atoms with Crippen LogP contribution >= 0.6 is 0 Å². The molecule has 3 N–H and O–H groups in total. The van der Waals surface area contributed by atoms with Crippen LogP contribution in [-0.4, -0.2) is 29.4 Å². The Balaban J connectivity index is 1.75. The minimum absolute atomic E-state index is 0.0615. The highest BCUT2D eigenvalue weighted by atomic mass is 16.2. The summed E-state index contributed by atoms with van der Waals surface area (Å²) in [6, 6.07) is 8.62. The van der Waals surface area contributed by atoms with Crippen molar-refractivity contribution in [2.45, 2.75) is 32.2 Å². The minimum Gasteiger partial charge on any atom is -0.325 e. The first-order chi connectivity index (χ1) is 12.1. The van der Waals surface area contributed by atoms with Crippen molar-refractivity contribution < 1.29 is 9.59 Å². The van der Waals surface area contributed by atoms with E-state index < -0.39 is 6.04 Å². The molecule has 1 atom stereocenters. The molecule has 6 nitrogen and oxygen atoms in total. The van der Waals surface area contributed by atoms with Gasteiger partial charge in [0.1, 0.15) is 0 Å². The van der Waals surface area contributed by atoms with Crippen molar-refractivity contribution in [1.82, 2.24) is 4.98 Å². The van der Waals surface area contributed by atoms with Crippen LogP contribution < -0.4 is 16.0 Å². The van der Waals surface area contributed by atoms with Gasteiger partial charge in [-0.05, 0) is 48.7 Å². The molecule has 1 unspecified atom stereocenters. The quantitative estimate of drug-likeness (QED) is 0.876. The second-order valence-corrected chi connectivity index (χ2v) is 6.18. The Labute approximate surface area is 147 Å². The first-order valence-corrected chi connectivity index (χ1v) is 8.51. The topological polar surface area (TPSA) is 88.3 Å². The predicted molar refractivity (Wildman–Crippen MR) is 97.6 cm³/mol. The van der Waals surface area contributed by atoms with E-state index in [9.17, 15) is 9.59 Å². The van der Waals surface area contributed by atoms with E-state index in [1.807, 2.05) is 25.1 Å². The van der Waals surface area contributed by atoms with Gasteiger partial charge < -0.3 is 16.0 Å². The fourth-order valence-corrected chi connectivity index (χ4v) is 3.01. The number of hydrogen-bond acceptors (Lipinski definition) is 4. The molecule has 0 bridgehead atoms. The zero-order chi connectivity index (χ0) is 17.8. The Morgan fingerprint density at radius 2 is 2.20 bits per heavy atom. The molecule has 25 heavy (non-hydrogen) atoms. The fourth-order valence-electron chi connectivity index (χ4n) is 3.01. The molecule has 1 aromatic carbocycles. The maximum Gasteiger partial charge on any atom is 0.259 e. The van der Waals surface area contributed by atoms with Gasteiger partial charge in [-0.15, -0.1) is 0 Å². The number of amides is 2. The van der Waals surface area contributed by atoms with E-state index in [0.717, 1.165) is 24.1 Å². The zero-order valence-corrected chi connectivity index (χ0v) is 14.2. The molecule has 0 radical (unpaired) electrons. The summed E-state index contributed by atoms with van der Waals surface area (Å²) in [5.74, 6) is -0.239. The molecule has 2 heterocycles. The van der Waals surface area contributed by atoms with Gasteiger partial charge >= 0.3 is 0 Å². The molecule has 0 saturated carbocycles. The number of nitrogens with two attached hydrogens (primary N) is 1. The van der Waals surface area contributed by atoms with Crippen LogP contribution in [0.15, 0.2) is 42.7 Å². The van der Waals surface area contributed by atoms with Gasteiger partial charge in [-0.2, -0.15) is 0 Å². The molecular formula is C19H22N4O2. The molecule has 1 aliphatic rings. The third-order valence-electron chi connectivity index (χ3n) is 4.33. The lowest BCUT2D eigenvalue weighted by Gasteiger charge is -2.18. The highest BCUT2D eigenvalue weighted by molar-refractivity contribution is 6.07. The lowest BCUT2D eigenvalue weighted by Crippen LogP contribution is -2.35. The highest BCUT2D eigenvalue weighted by Crippen LogP contribution is 2.31. The zero-order valence-electron chi connectivity index (χ0n) is 14.2. The third kappa shape index (κ3) is 3.69. The van der Waals surface area contributed by atoms with Gasteiger partial charge in [-0.3, -0.25) is 14.6 Å². The normalized spacial score (nSPS) is 14.1. The lowest BCUT2D eigenvalue weighted by atomic mass is 10.1. The number of nitrogens with zero attached hydrogens (tertiary/aromatic N) is 2. The summed E-state index contributed by atoms with van der Waals surface area (Å²) in [5.41, 5.74) is 9.05. The van der Waals surface area contributed by atoms with E-state index >= 15 is 0 Å². The van der Waals surface area contributed by atoms with E-state index in [1.165, 1.54) is 0 Å². The molecule has 1 aliphatic heterocycles. The van der Waals surface area contributed by atoms with E-state index in [2.05, 4.69) is 10.3 Å². The molecule has 3 rings (SSSR count). The van der Waals surface area contributed by atoms with Crippen LogP contribution in [0.4, 0.5) is 11.4 Å². The molecule has 2 aromatic rings. The van der Waals surface area contributed by atoms with E-state index in [0.29, 0.717) is 24.2 Å². The fraction of sp³-hybridized carbons (Fsp3) is 0.316. The molecule has 130 valence electrons. The van der Waals surface area contributed by atoms with Crippen molar-refractivity contribution >= 4 is 23.2 Å². The Bertz CT molecular complexity index is 776. The summed E-state index contributed by atoms with van der Waals surface area (Å²) in [4.78, 5) is 30.4. The van der Waals surface area contributed by atoms with Gasteiger partial charge in [0.05, 0.1) is 11.6 Å². The second kappa shape index (κ2) is 7.44. The highest BCUT2D eigenvalue weighted by Gasteiger charge is 2.26. The summed E-state index contributed by atoms with van der Waals surface area (Å²) in [6.07, 6.45) is 5.50. The molecule has 0 spiro atoms. The van der Waals surface area contributed by atoms with E-state index in [-0.39, 0.29) is 11.8 Å². The van der Waals surface area contributed by atoms with Crippen LogP contribution in [-0.2, 0) is 11.2 Å². The van der Waals surface area contributed by atoms with Crippen molar-refractivity contribution in [2.75, 3.05) is 16.8 Å². The Hall–Kier alpha value is -2.73. The average Bonchev–Trinajstić information content (AvgIpc) is 3.05. The Morgan fingerprint density at radius 3 is 2.92 bits per heavy atom. The number of pyridine rings is 1. The maximum atomic E-state index is 12.6. The van der Waals surface area contributed by atoms with Crippen LogP contribution in [0.5, 0.6) is 0 Å². The van der Waals surface area contributed by atoms with Crippen LogP contribution in [0, 0.1) is 0 Å². The Morgan fingerprint density at radius 1 is 1.36 bits per heavy atom. The molecule has 6 heteroatoms. The molecule has 1 aromatic heterocycles. The monoisotopic (exact) mass is 338 g/mol. The Kier molecular flexibility index (Phi) is 5.09. The number of aromatic nitrogens is 1. The van der Waals surface area contributed by atoms with E-state index in [4.69, 9.17) is 5.73 Å². The first kappa shape index (κ1) is 17.1. The molecule has 0 saturated heterocycles. The molecule has 0 fully saturated rings. The van der Waals surface area contributed by atoms with Crippen molar-refractivity contribution in [3.8, 4) is 0 Å². The summed E-state index contributed by atoms with van der Waals surface area (Å²) < 4.78 is 0. The van der Waals surface area contributed by atoms with Crippen LogP contribution in [0.3, 0.4) is 0 Å². The summed E-state index contributed by atoms with van der Waals surface area (Å²) in [6.45, 7) is 2.62. The number of benzene rings is 1. The molecule has 2 amide bonds. The SMILES string of the molecule is CCCC(N)C(=O)Nc1ccc2c(c1)CCN2C(=O)c1cccnc1. The predicted octanol–water partition coefficient (Wildman–Crippen LogP) is 2.35. The number of hydrogen-bond donors (Lipinski definition) is 2. The second-order valence-electron chi connectivity index (χ2n) is 6.18. The third-order valence-corrected chi connectivity index (χ3v) is 4.33. The van der Waals surface area contributed by atoms with Gasteiger partial charge in [0.15, 0.2) is 0 Å². The first-order valence-electron chi connectivity index (χ1n) is 8.51. The summed E-state index contributed by atoms with van der Waals surface area (Å²) >= 11 is 0. The van der Waals surface area contributed by atoms with Crippen molar-refractivity contribution in [1.29, 1.82) is 0 Å².